The van der Waals surface area contributed by atoms with Crippen molar-refractivity contribution in [3.63, 3.8) is 0 Å². The minimum atomic E-state index is -0.501. The Morgan fingerprint density at radius 3 is 2.63 bits per heavy atom. The first-order valence-electron chi connectivity index (χ1n) is 6.36. The van der Waals surface area contributed by atoms with Gasteiger partial charge < -0.3 is 10.2 Å². The summed E-state index contributed by atoms with van der Waals surface area (Å²) in [5.74, 6) is -0.863. The van der Waals surface area contributed by atoms with Gasteiger partial charge in [-0.1, -0.05) is 6.07 Å². The Balaban J connectivity index is 2.06. The minimum absolute atomic E-state index is 0.0351. The molecule has 1 amide bonds. The van der Waals surface area contributed by atoms with Crippen LogP contribution in [-0.2, 0) is 0 Å². The summed E-state index contributed by atoms with van der Waals surface area (Å²) in [5.41, 5.74) is 0.114. The molecule has 0 aromatic heterocycles. The largest absolute Gasteiger partial charge is 0.350 e. The van der Waals surface area contributed by atoms with Crippen molar-refractivity contribution >= 4 is 21.8 Å². The van der Waals surface area contributed by atoms with Gasteiger partial charge in [-0.3, -0.25) is 4.79 Å². The third kappa shape index (κ3) is 2.82. The second kappa shape index (κ2) is 5.59. The van der Waals surface area contributed by atoms with Crippen molar-refractivity contribution in [1.82, 2.24) is 10.2 Å². The van der Waals surface area contributed by atoms with Crippen LogP contribution in [0.4, 0.5) is 4.39 Å². The highest BCUT2D eigenvalue weighted by atomic mass is 79.9. The van der Waals surface area contributed by atoms with Crippen molar-refractivity contribution in [2.24, 2.45) is 0 Å². The van der Waals surface area contributed by atoms with Gasteiger partial charge in [-0.15, -0.1) is 0 Å². The van der Waals surface area contributed by atoms with Crippen LogP contribution < -0.4 is 5.32 Å². The second-order valence-electron chi connectivity index (χ2n) is 5.25. The van der Waals surface area contributed by atoms with E-state index in [9.17, 15) is 9.18 Å². The number of hydrogen-bond donors (Lipinski definition) is 1. The van der Waals surface area contributed by atoms with Crippen LogP contribution in [-0.4, -0.2) is 37.0 Å². The number of benzene rings is 1. The van der Waals surface area contributed by atoms with E-state index in [2.05, 4.69) is 26.1 Å². The van der Waals surface area contributed by atoms with Crippen molar-refractivity contribution in [1.29, 1.82) is 0 Å². The van der Waals surface area contributed by atoms with Gasteiger partial charge in [0, 0.05) is 16.6 Å². The molecule has 0 spiro atoms. The Morgan fingerprint density at radius 2 is 2.16 bits per heavy atom. The summed E-state index contributed by atoms with van der Waals surface area (Å²) >= 11 is 3.22. The van der Waals surface area contributed by atoms with E-state index in [-0.39, 0.29) is 17.0 Å². The predicted molar refractivity (Wildman–Crippen MR) is 76.7 cm³/mol. The third-order valence-corrected chi connectivity index (χ3v) is 4.66. The third-order valence-electron chi connectivity index (χ3n) is 4.00. The molecule has 1 aromatic rings. The molecule has 0 unspecified atom stereocenters. The van der Waals surface area contributed by atoms with E-state index in [0.29, 0.717) is 11.0 Å². The molecule has 0 atom stereocenters. The quantitative estimate of drug-likeness (QED) is 0.921. The van der Waals surface area contributed by atoms with Crippen molar-refractivity contribution in [3.8, 4) is 0 Å². The number of nitrogens with zero attached hydrogens (tertiary/aromatic N) is 1. The molecule has 0 saturated heterocycles. The van der Waals surface area contributed by atoms with E-state index in [0.717, 1.165) is 12.8 Å². The zero-order chi connectivity index (χ0) is 14.0. The SMILES string of the molecule is CN(C)C1(CNC(=O)c2c(F)cccc2Br)CCC1. The molecular weight excluding hydrogens is 311 g/mol. The summed E-state index contributed by atoms with van der Waals surface area (Å²) in [7, 11) is 4.04. The number of carbonyl (C=O) groups excluding carboxylic acids is 1. The Labute approximate surface area is 121 Å². The van der Waals surface area contributed by atoms with Gasteiger partial charge in [-0.2, -0.15) is 0 Å². The van der Waals surface area contributed by atoms with Crippen LogP contribution in [0.1, 0.15) is 29.6 Å². The zero-order valence-electron chi connectivity index (χ0n) is 11.2. The van der Waals surface area contributed by atoms with E-state index in [1.807, 2.05) is 14.1 Å². The Bertz CT molecular complexity index is 466. The summed E-state index contributed by atoms with van der Waals surface area (Å²) in [6.07, 6.45) is 3.31. The smallest absolute Gasteiger partial charge is 0.255 e. The van der Waals surface area contributed by atoms with Crippen molar-refractivity contribution in [3.05, 3.63) is 34.1 Å². The number of rotatable bonds is 4. The molecular formula is C14H18BrFN2O. The number of carbonyl (C=O) groups is 1. The molecule has 1 aromatic carbocycles. The molecule has 2 rings (SSSR count). The lowest BCUT2D eigenvalue weighted by atomic mass is 9.75. The fourth-order valence-electron chi connectivity index (χ4n) is 2.41. The molecule has 1 saturated carbocycles. The van der Waals surface area contributed by atoms with Gasteiger partial charge in [0.2, 0.25) is 0 Å². The van der Waals surface area contributed by atoms with Gasteiger partial charge in [0.1, 0.15) is 5.82 Å². The fourth-order valence-corrected chi connectivity index (χ4v) is 2.94. The van der Waals surface area contributed by atoms with E-state index in [1.54, 1.807) is 12.1 Å². The minimum Gasteiger partial charge on any atom is -0.350 e. The number of nitrogens with one attached hydrogen (secondary N) is 1. The van der Waals surface area contributed by atoms with Crippen LogP contribution in [0.25, 0.3) is 0 Å². The van der Waals surface area contributed by atoms with E-state index in [1.165, 1.54) is 12.5 Å². The van der Waals surface area contributed by atoms with E-state index in [4.69, 9.17) is 0 Å². The molecule has 3 nitrogen and oxygen atoms in total. The highest BCUT2D eigenvalue weighted by Crippen LogP contribution is 2.35. The van der Waals surface area contributed by atoms with Crippen molar-refractivity contribution in [2.45, 2.75) is 24.8 Å². The summed E-state index contributed by atoms with van der Waals surface area (Å²) in [5, 5.41) is 2.85. The molecule has 0 heterocycles. The molecule has 1 N–H and O–H groups in total. The van der Waals surface area contributed by atoms with Gasteiger partial charge in [-0.25, -0.2) is 4.39 Å². The number of halogens is 2. The first-order chi connectivity index (χ1) is 8.96. The molecule has 5 heteroatoms. The first-order valence-corrected chi connectivity index (χ1v) is 7.15. The lowest BCUT2D eigenvalue weighted by molar-refractivity contribution is 0.0556. The van der Waals surface area contributed by atoms with Gasteiger partial charge in [0.25, 0.3) is 5.91 Å². The van der Waals surface area contributed by atoms with Gasteiger partial charge in [0.15, 0.2) is 0 Å². The summed E-state index contributed by atoms with van der Waals surface area (Å²) < 4.78 is 14.2. The lowest BCUT2D eigenvalue weighted by Crippen LogP contribution is -2.57. The predicted octanol–water partition coefficient (Wildman–Crippen LogP) is 2.80. The van der Waals surface area contributed by atoms with Crippen LogP contribution in [0.5, 0.6) is 0 Å². The van der Waals surface area contributed by atoms with Crippen molar-refractivity contribution < 1.29 is 9.18 Å². The monoisotopic (exact) mass is 328 g/mol. The second-order valence-corrected chi connectivity index (χ2v) is 6.11. The maximum absolute atomic E-state index is 13.7. The zero-order valence-corrected chi connectivity index (χ0v) is 12.8. The van der Waals surface area contributed by atoms with Crippen molar-refractivity contribution in [2.75, 3.05) is 20.6 Å². The number of amides is 1. The topological polar surface area (TPSA) is 32.3 Å². The Kier molecular flexibility index (Phi) is 4.26. The van der Waals surface area contributed by atoms with E-state index >= 15 is 0 Å². The average Bonchev–Trinajstić information content (AvgIpc) is 2.26. The number of hydrogen-bond acceptors (Lipinski definition) is 2. The fraction of sp³-hybridized carbons (Fsp3) is 0.500. The molecule has 1 fully saturated rings. The molecule has 0 radical (unpaired) electrons. The maximum atomic E-state index is 13.7. The van der Waals surface area contributed by atoms with E-state index < -0.39 is 5.82 Å². The summed E-state index contributed by atoms with van der Waals surface area (Å²) in [6.45, 7) is 0.555. The molecule has 19 heavy (non-hydrogen) atoms. The number of likely N-dealkylation sites (N-methyl/N-ethyl adjacent to an activating group) is 1. The lowest BCUT2D eigenvalue weighted by Gasteiger charge is -2.47. The normalized spacial score (nSPS) is 17.1. The summed E-state index contributed by atoms with van der Waals surface area (Å²) in [6, 6.07) is 4.54. The van der Waals surface area contributed by atoms with Crippen LogP contribution in [0.15, 0.2) is 22.7 Å². The van der Waals surface area contributed by atoms with Gasteiger partial charge >= 0.3 is 0 Å². The molecule has 0 aliphatic heterocycles. The van der Waals surface area contributed by atoms with Gasteiger partial charge in [-0.05, 0) is 61.4 Å². The first kappa shape index (κ1) is 14.5. The highest BCUT2D eigenvalue weighted by Gasteiger charge is 2.39. The summed E-state index contributed by atoms with van der Waals surface area (Å²) in [4.78, 5) is 14.2. The van der Waals surface area contributed by atoms with Gasteiger partial charge in [0.05, 0.1) is 5.56 Å². The molecule has 1 aliphatic carbocycles. The Hall–Kier alpha value is -0.940. The molecule has 1 aliphatic rings. The maximum Gasteiger partial charge on any atom is 0.255 e. The Morgan fingerprint density at radius 1 is 1.47 bits per heavy atom. The molecule has 104 valence electrons. The standard InChI is InChI=1S/C14H18BrFN2O/c1-18(2)14(7-4-8-14)9-17-13(19)12-10(15)5-3-6-11(12)16/h3,5-6H,4,7-9H2,1-2H3,(H,17,19). The van der Waals surface area contributed by atoms with Crippen LogP contribution in [0.2, 0.25) is 0 Å². The van der Waals surface area contributed by atoms with Crippen LogP contribution in [0.3, 0.4) is 0 Å². The highest BCUT2D eigenvalue weighted by molar-refractivity contribution is 9.10. The van der Waals surface area contributed by atoms with Crippen LogP contribution >= 0.6 is 15.9 Å². The average molecular weight is 329 g/mol. The van der Waals surface area contributed by atoms with Crippen LogP contribution in [0, 0.1) is 5.82 Å². The molecule has 0 bridgehead atoms.